The van der Waals surface area contributed by atoms with E-state index in [2.05, 4.69) is 0 Å². The van der Waals surface area contributed by atoms with Crippen molar-refractivity contribution < 1.29 is 19.4 Å². The highest BCUT2D eigenvalue weighted by Gasteiger charge is 2.34. The average Bonchev–Trinajstić information content (AvgIpc) is 3.10. The third kappa shape index (κ3) is 4.57. The van der Waals surface area contributed by atoms with Gasteiger partial charge in [0.15, 0.2) is 5.17 Å². The van der Waals surface area contributed by atoms with Gasteiger partial charge in [-0.15, -0.1) is 0 Å². The summed E-state index contributed by atoms with van der Waals surface area (Å²) in [6.45, 7) is 0. The lowest BCUT2D eigenvalue weighted by Crippen LogP contribution is -2.28. The van der Waals surface area contributed by atoms with Gasteiger partial charge in [0, 0.05) is 0 Å². The number of anilines is 1. The fraction of sp³-hybridized carbons (Fsp3) is 0.0833. The van der Waals surface area contributed by atoms with Gasteiger partial charge in [0.1, 0.15) is 17.2 Å². The van der Waals surface area contributed by atoms with E-state index >= 15 is 0 Å². The predicted molar refractivity (Wildman–Crippen MR) is 124 cm³/mol. The average molecular weight is 433 g/mol. The SMILES string of the molecule is COc1ccc(N=C2S/C(=C/c3ccc(O)cc3)C(=O)N2c2ccc(OC)cc2)cc1. The van der Waals surface area contributed by atoms with Crippen LogP contribution in [0.4, 0.5) is 11.4 Å². The van der Waals surface area contributed by atoms with Gasteiger partial charge in [-0.25, -0.2) is 4.99 Å². The predicted octanol–water partition coefficient (Wildman–Crippen LogP) is 5.22. The lowest BCUT2D eigenvalue weighted by Gasteiger charge is -2.16. The van der Waals surface area contributed by atoms with Crippen molar-refractivity contribution in [1.29, 1.82) is 0 Å². The first kappa shape index (κ1) is 20.6. The number of aliphatic imine (C=N–C) groups is 1. The summed E-state index contributed by atoms with van der Waals surface area (Å²) in [5, 5.41) is 10.1. The summed E-state index contributed by atoms with van der Waals surface area (Å²) >= 11 is 1.30. The monoisotopic (exact) mass is 432 g/mol. The number of hydrogen-bond acceptors (Lipinski definition) is 6. The Morgan fingerprint density at radius 1 is 0.871 bits per heavy atom. The van der Waals surface area contributed by atoms with Crippen molar-refractivity contribution in [3.63, 3.8) is 0 Å². The fourth-order valence-corrected chi connectivity index (χ4v) is 4.00. The number of carbonyl (C=O) groups is 1. The van der Waals surface area contributed by atoms with E-state index in [1.165, 1.54) is 11.8 Å². The molecule has 1 aliphatic rings. The molecule has 1 N–H and O–H groups in total. The molecule has 6 nitrogen and oxygen atoms in total. The lowest BCUT2D eigenvalue weighted by atomic mass is 10.2. The van der Waals surface area contributed by atoms with Crippen LogP contribution >= 0.6 is 11.8 Å². The van der Waals surface area contributed by atoms with Crippen LogP contribution in [0.5, 0.6) is 17.2 Å². The Morgan fingerprint density at radius 3 is 2.03 bits per heavy atom. The van der Waals surface area contributed by atoms with Crippen molar-refractivity contribution in [3.8, 4) is 17.2 Å². The second-order valence-electron chi connectivity index (χ2n) is 6.63. The Labute approximate surface area is 184 Å². The molecule has 3 aromatic carbocycles. The molecule has 1 fully saturated rings. The number of carbonyl (C=O) groups excluding carboxylic acids is 1. The van der Waals surface area contributed by atoms with Crippen molar-refractivity contribution in [1.82, 2.24) is 0 Å². The molecule has 31 heavy (non-hydrogen) atoms. The summed E-state index contributed by atoms with van der Waals surface area (Å²) in [4.78, 5) is 20.1. The van der Waals surface area contributed by atoms with E-state index in [9.17, 15) is 9.90 Å². The number of thioether (sulfide) groups is 1. The summed E-state index contributed by atoms with van der Waals surface area (Å²) in [5.41, 5.74) is 2.22. The van der Waals surface area contributed by atoms with E-state index in [0.29, 0.717) is 27.2 Å². The molecule has 1 saturated heterocycles. The largest absolute Gasteiger partial charge is 0.508 e. The van der Waals surface area contributed by atoms with Crippen LogP contribution in [0.1, 0.15) is 5.56 Å². The van der Waals surface area contributed by atoms with Crippen LogP contribution in [0, 0.1) is 0 Å². The zero-order valence-electron chi connectivity index (χ0n) is 17.0. The summed E-state index contributed by atoms with van der Waals surface area (Å²) in [6.07, 6.45) is 1.79. The van der Waals surface area contributed by atoms with Crippen LogP contribution in [0.15, 0.2) is 82.7 Å². The number of methoxy groups -OCH3 is 2. The van der Waals surface area contributed by atoms with Gasteiger partial charge >= 0.3 is 0 Å². The molecule has 7 heteroatoms. The topological polar surface area (TPSA) is 71.4 Å². The molecule has 1 amide bonds. The third-order valence-corrected chi connectivity index (χ3v) is 5.59. The number of phenolic OH excluding ortho intramolecular Hbond substituents is 1. The van der Waals surface area contributed by atoms with Gasteiger partial charge in [0.05, 0.1) is 30.5 Å². The van der Waals surface area contributed by atoms with E-state index in [0.717, 1.165) is 11.3 Å². The Balaban J connectivity index is 1.74. The molecule has 0 aliphatic carbocycles. The Kier molecular flexibility index (Phi) is 5.95. The molecule has 0 saturated carbocycles. The standard InChI is InChI=1S/C24H20N2O4S/c1-29-20-11-5-17(6-12-20)25-24-26(18-7-13-21(30-2)14-8-18)23(28)22(31-24)15-16-3-9-19(27)10-4-16/h3-15,27H,1-2H3/b22-15+,25-24?. The number of amides is 1. The van der Waals surface area contributed by atoms with E-state index in [1.54, 1.807) is 61.6 Å². The number of ether oxygens (including phenoxy) is 2. The molecule has 3 aromatic rings. The maximum absolute atomic E-state index is 13.3. The maximum atomic E-state index is 13.3. The summed E-state index contributed by atoms with van der Waals surface area (Å²) in [5.74, 6) is 1.44. The van der Waals surface area contributed by atoms with Gasteiger partial charge in [-0.05, 0) is 84.1 Å². The Bertz CT molecular complexity index is 1140. The van der Waals surface area contributed by atoms with Crippen LogP contribution in [0.25, 0.3) is 6.08 Å². The first-order valence-electron chi connectivity index (χ1n) is 9.47. The highest BCUT2D eigenvalue weighted by Crippen LogP contribution is 2.38. The number of nitrogens with zero attached hydrogens (tertiary/aromatic N) is 2. The lowest BCUT2D eigenvalue weighted by molar-refractivity contribution is -0.113. The van der Waals surface area contributed by atoms with Crippen LogP contribution in [-0.4, -0.2) is 30.4 Å². The number of aromatic hydroxyl groups is 1. The summed E-state index contributed by atoms with van der Waals surface area (Å²) < 4.78 is 10.4. The second-order valence-corrected chi connectivity index (χ2v) is 7.64. The van der Waals surface area contributed by atoms with Gasteiger partial charge in [0.2, 0.25) is 0 Å². The van der Waals surface area contributed by atoms with Gasteiger partial charge in [0.25, 0.3) is 5.91 Å². The van der Waals surface area contributed by atoms with Crippen LogP contribution < -0.4 is 14.4 Å². The third-order valence-electron chi connectivity index (χ3n) is 4.63. The van der Waals surface area contributed by atoms with Crippen molar-refractivity contribution in [2.45, 2.75) is 0 Å². The molecule has 0 bridgehead atoms. The molecule has 0 aromatic heterocycles. The normalized spacial score (nSPS) is 16.2. The molecule has 0 spiro atoms. The van der Waals surface area contributed by atoms with E-state index in [4.69, 9.17) is 14.5 Å². The summed E-state index contributed by atoms with van der Waals surface area (Å²) in [6, 6.07) is 21.3. The Hall–Kier alpha value is -3.71. The number of phenols is 1. The first-order valence-corrected chi connectivity index (χ1v) is 10.3. The molecule has 156 valence electrons. The fourth-order valence-electron chi connectivity index (χ4n) is 3.00. The molecule has 0 atom stereocenters. The van der Waals surface area contributed by atoms with Crippen molar-refractivity contribution >= 4 is 40.3 Å². The number of hydrogen-bond donors (Lipinski definition) is 1. The zero-order chi connectivity index (χ0) is 21.8. The minimum atomic E-state index is -0.171. The zero-order valence-corrected chi connectivity index (χ0v) is 17.8. The van der Waals surface area contributed by atoms with E-state index < -0.39 is 0 Å². The van der Waals surface area contributed by atoms with Gasteiger partial charge < -0.3 is 14.6 Å². The molecule has 0 unspecified atom stereocenters. The molecule has 4 rings (SSSR count). The molecular formula is C24H20N2O4S. The number of amidine groups is 1. The van der Waals surface area contributed by atoms with Crippen molar-refractivity contribution in [2.75, 3.05) is 19.1 Å². The van der Waals surface area contributed by atoms with Crippen LogP contribution in [0.2, 0.25) is 0 Å². The second kappa shape index (κ2) is 8.97. The highest BCUT2D eigenvalue weighted by atomic mass is 32.2. The van der Waals surface area contributed by atoms with Gasteiger partial charge in [-0.1, -0.05) is 12.1 Å². The molecule has 1 aliphatic heterocycles. The molecule has 0 radical (unpaired) electrons. The van der Waals surface area contributed by atoms with Gasteiger partial charge in [-0.3, -0.25) is 9.69 Å². The molecular weight excluding hydrogens is 412 g/mol. The van der Waals surface area contributed by atoms with Crippen LogP contribution in [-0.2, 0) is 4.79 Å². The van der Waals surface area contributed by atoms with Gasteiger partial charge in [-0.2, -0.15) is 0 Å². The smallest absolute Gasteiger partial charge is 0.271 e. The molecule has 1 heterocycles. The summed E-state index contributed by atoms with van der Waals surface area (Å²) in [7, 11) is 3.21. The number of benzene rings is 3. The van der Waals surface area contributed by atoms with E-state index in [-0.39, 0.29) is 11.7 Å². The quantitative estimate of drug-likeness (QED) is 0.560. The van der Waals surface area contributed by atoms with Crippen molar-refractivity contribution in [3.05, 3.63) is 83.3 Å². The van der Waals surface area contributed by atoms with Crippen LogP contribution in [0.3, 0.4) is 0 Å². The van der Waals surface area contributed by atoms with Crippen molar-refractivity contribution in [2.24, 2.45) is 4.99 Å². The Morgan fingerprint density at radius 2 is 1.45 bits per heavy atom. The number of rotatable bonds is 5. The maximum Gasteiger partial charge on any atom is 0.271 e. The van der Waals surface area contributed by atoms with E-state index in [1.807, 2.05) is 36.4 Å². The highest BCUT2D eigenvalue weighted by molar-refractivity contribution is 8.19. The minimum absolute atomic E-state index is 0.171. The minimum Gasteiger partial charge on any atom is -0.508 e. The first-order chi connectivity index (χ1) is 15.1.